The predicted octanol–water partition coefficient (Wildman–Crippen LogP) is 0.977. The van der Waals surface area contributed by atoms with Crippen molar-refractivity contribution in [1.29, 1.82) is 0 Å². The van der Waals surface area contributed by atoms with Gasteiger partial charge in [-0.25, -0.2) is 0 Å². The third-order valence-corrected chi connectivity index (χ3v) is 4.02. The van der Waals surface area contributed by atoms with Gasteiger partial charge in [0.2, 0.25) is 0 Å². The van der Waals surface area contributed by atoms with Gasteiger partial charge in [-0.3, -0.25) is 14.9 Å². The van der Waals surface area contributed by atoms with E-state index in [1.807, 2.05) is 0 Å². The van der Waals surface area contributed by atoms with E-state index in [0.717, 1.165) is 38.4 Å². The van der Waals surface area contributed by atoms with Crippen LogP contribution in [0.25, 0.3) is 0 Å². The van der Waals surface area contributed by atoms with Crippen LogP contribution in [-0.4, -0.2) is 46.7 Å². The molecule has 0 amide bonds. The number of aromatic nitrogens is 2. The molecule has 5 nitrogen and oxygen atoms in total. The predicted molar refractivity (Wildman–Crippen MR) is 70.0 cm³/mol. The van der Waals surface area contributed by atoms with E-state index in [0.29, 0.717) is 0 Å². The molecule has 1 aromatic heterocycles. The summed E-state index contributed by atoms with van der Waals surface area (Å²) in [6.45, 7) is 7.80. The van der Waals surface area contributed by atoms with Crippen molar-refractivity contribution in [3.05, 3.63) is 24.3 Å². The van der Waals surface area contributed by atoms with Crippen LogP contribution in [0.5, 0.6) is 0 Å². The van der Waals surface area contributed by atoms with Gasteiger partial charge < -0.3 is 10.5 Å². The Balaban J connectivity index is 2.20. The molecule has 18 heavy (non-hydrogen) atoms. The SMILES string of the molecule is CCC(C)(C(N)c1cnccn1)N1CCOCC1. The van der Waals surface area contributed by atoms with E-state index in [-0.39, 0.29) is 11.6 Å². The molecule has 1 fully saturated rings. The molecule has 2 unspecified atom stereocenters. The molecule has 100 valence electrons. The molecule has 1 saturated heterocycles. The lowest BCUT2D eigenvalue weighted by Crippen LogP contribution is -2.56. The van der Waals surface area contributed by atoms with E-state index < -0.39 is 0 Å². The van der Waals surface area contributed by atoms with Crippen LogP contribution in [0.1, 0.15) is 32.0 Å². The monoisotopic (exact) mass is 250 g/mol. The lowest BCUT2D eigenvalue weighted by Gasteiger charge is -2.46. The Kier molecular flexibility index (Phi) is 4.27. The fourth-order valence-corrected chi connectivity index (χ4v) is 2.50. The molecular weight excluding hydrogens is 228 g/mol. The number of nitrogens with zero attached hydrogens (tertiary/aromatic N) is 3. The van der Waals surface area contributed by atoms with Crippen molar-refractivity contribution in [3.63, 3.8) is 0 Å². The summed E-state index contributed by atoms with van der Waals surface area (Å²) in [4.78, 5) is 10.9. The minimum Gasteiger partial charge on any atom is -0.379 e. The Hall–Kier alpha value is -1.04. The number of ether oxygens (including phenoxy) is 1. The number of hydrogen-bond donors (Lipinski definition) is 1. The molecule has 1 aliphatic heterocycles. The molecule has 0 spiro atoms. The first-order chi connectivity index (χ1) is 8.68. The van der Waals surface area contributed by atoms with Crippen molar-refractivity contribution in [2.24, 2.45) is 5.73 Å². The summed E-state index contributed by atoms with van der Waals surface area (Å²) in [7, 11) is 0. The van der Waals surface area contributed by atoms with Crippen molar-refractivity contribution in [3.8, 4) is 0 Å². The van der Waals surface area contributed by atoms with E-state index >= 15 is 0 Å². The second-order valence-electron chi connectivity index (χ2n) is 4.92. The molecule has 0 saturated carbocycles. The molecule has 5 heteroatoms. The molecule has 0 radical (unpaired) electrons. The van der Waals surface area contributed by atoms with Crippen molar-refractivity contribution in [2.75, 3.05) is 26.3 Å². The van der Waals surface area contributed by atoms with Gasteiger partial charge >= 0.3 is 0 Å². The number of nitrogens with two attached hydrogens (primary N) is 1. The highest BCUT2D eigenvalue weighted by molar-refractivity contribution is 5.10. The minimum absolute atomic E-state index is 0.0974. The summed E-state index contributed by atoms with van der Waals surface area (Å²) in [5, 5.41) is 0. The van der Waals surface area contributed by atoms with E-state index in [4.69, 9.17) is 10.5 Å². The first kappa shape index (κ1) is 13.4. The highest BCUT2D eigenvalue weighted by Gasteiger charge is 2.38. The minimum atomic E-state index is -0.130. The van der Waals surface area contributed by atoms with Crippen molar-refractivity contribution in [2.45, 2.75) is 31.8 Å². The van der Waals surface area contributed by atoms with Crippen LogP contribution in [0.3, 0.4) is 0 Å². The molecule has 0 bridgehead atoms. The van der Waals surface area contributed by atoms with Gasteiger partial charge in [-0.1, -0.05) is 6.92 Å². The molecule has 0 aromatic carbocycles. The van der Waals surface area contributed by atoms with E-state index in [1.54, 1.807) is 18.6 Å². The van der Waals surface area contributed by atoms with Gasteiger partial charge in [0.05, 0.1) is 31.1 Å². The first-order valence-electron chi connectivity index (χ1n) is 6.52. The largest absolute Gasteiger partial charge is 0.379 e. The fraction of sp³-hybridized carbons (Fsp3) is 0.692. The molecule has 1 aromatic rings. The molecule has 1 aliphatic rings. The third kappa shape index (κ3) is 2.53. The summed E-state index contributed by atoms with van der Waals surface area (Å²) in [5.74, 6) is 0. The number of rotatable bonds is 4. The van der Waals surface area contributed by atoms with Gasteiger partial charge in [0, 0.05) is 31.0 Å². The second kappa shape index (κ2) is 5.73. The lowest BCUT2D eigenvalue weighted by atomic mass is 9.85. The van der Waals surface area contributed by atoms with Crippen molar-refractivity contribution in [1.82, 2.24) is 14.9 Å². The smallest absolute Gasteiger partial charge is 0.0772 e. The summed E-state index contributed by atoms with van der Waals surface area (Å²) in [5.41, 5.74) is 7.19. The lowest BCUT2D eigenvalue weighted by molar-refractivity contribution is -0.0283. The van der Waals surface area contributed by atoms with Crippen LogP contribution in [-0.2, 0) is 4.74 Å². The Bertz CT molecular complexity index is 367. The highest BCUT2D eigenvalue weighted by atomic mass is 16.5. The van der Waals surface area contributed by atoms with Gasteiger partial charge in [0.25, 0.3) is 0 Å². The van der Waals surface area contributed by atoms with Crippen LogP contribution in [0.2, 0.25) is 0 Å². The average molecular weight is 250 g/mol. The Morgan fingerprint density at radius 2 is 2.17 bits per heavy atom. The van der Waals surface area contributed by atoms with E-state index in [9.17, 15) is 0 Å². The van der Waals surface area contributed by atoms with Gasteiger partial charge in [0.15, 0.2) is 0 Å². The van der Waals surface area contributed by atoms with Crippen LogP contribution in [0, 0.1) is 0 Å². The molecule has 2 N–H and O–H groups in total. The Morgan fingerprint density at radius 1 is 1.44 bits per heavy atom. The molecule has 0 aliphatic carbocycles. The summed E-state index contributed by atoms with van der Waals surface area (Å²) >= 11 is 0. The van der Waals surface area contributed by atoms with Gasteiger partial charge in [-0.15, -0.1) is 0 Å². The topological polar surface area (TPSA) is 64.3 Å². The maximum absolute atomic E-state index is 6.43. The number of morpholine rings is 1. The maximum Gasteiger partial charge on any atom is 0.0772 e. The average Bonchev–Trinajstić information content (AvgIpc) is 2.47. The van der Waals surface area contributed by atoms with Gasteiger partial charge in [-0.2, -0.15) is 0 Å². The van der Waals surface area contributed by atoms with Crippen LogP contribution < -0.4 is 5.73 Å². The van der Waals surface area contributed by atoms with Gasteiger partial charge in [0.1, 0.15) is 0 Å². The fourth-order valence-electron chi connectivity index (χ4n) is 2.50. The van der Waals surface area contributed by atoms with Crippen LogP contribution in [0.4, 0.5) is 0 Å². The third-order valence-electron chi connectivity index (χ3n) is 4.02. The van der Waals surface area contributed by atoms with Crippen molar-refractivity contribution < 1.29 is 4.74 Å². The molecular formula is C13H22N4O. The standard InChI is InChI=1S/C13H22N4O/c1-3-13(2,17-6-8-18-9-7-17)12(14)11-10-15-4-5-16-11/h4-5,10,12H,3,6-9,14H2,1-2H3. The second-order valence-corrected chi connectivity index (χ2v) is 4.92. The zero-order chi connectivity index (χ0) is 13.0. The quantitative estimate of drug-likeness (QED) is 0.863. The summed E-state index contributed by atoms with van der Waals surface area (Å²) < 4.78 is 5.41. The zero-order valence-electron chi connectivity index (χ0n) is 11.2. The van der Waals surface area contributed by atoms with E-state index in [1.165, 1.54) is 0 Å². The summed E-state index contributed by atoms with van der Waals surface area (Å²) in [6, 6.07) is -0.130. The highest BCUT2D eigenvalue weighted by Crippen LogP contribution is 2.31. The first-order valence-corrected chi connectivity index (χ1v) is 6.52. The van der Waals surface area contributed by atoms with E-state index in [2.05, 4.69) is 28.7 Å². The van der Waals surface area contributed by atoms with Crippen LogP contribution >= 0.6 is 0 Å². The number of hydrogen-bond acceptors (Lipinski definition) is 5. The normalized spacial score (nSPS) is 22.4. The van der Waals surface area contributed by atoms with Crippen molar-refractivity contribution >= 4 is 0 Å². The Labute approximate surface area is 108 Å². The van der Waals surface area contributed by atoms with Gasteiger partial charge in [-0.05, 0) is 13.3 Å². The molecule has 2 atom stereocenters. The molecule has 2 rings (SSSR count). The zero-order valence-corrected chi connectivity index (χ0v) is 11.2. The Morgan fingerprint density at radius 3 is 2.72 bits per heavy atom. The maximum atomic E-state index is 6.43. The van der Waals surface area contributed by atoms with Crippen LogP contribution in [0.15, 0.2) is 18.6 Å². The molecule has 2 heterocycles. The summed E-state index contributed by atoms with van der Waals surface area (Å²) in [6.07, 6.45) is 6.11.